The highest BCUT2D eigenvalue weighted by Crippen LogP contribution is 2.39. The van der Waals surface area contributed by atoms with Gasteiger partial charge in [-0.25, -0.2) is 0 Å². The van der Waals surface area contributed by atoms with E-state index < -0.39 is 11.9 Å². The average Bonchev–Trinajstić information content (AvgIpc) is 3.34. The van der Waals surface area contributed by atoms with E-state index in [-0.39, 0.29) is 11.6 Å². The van der Waals surface area contributed by atoms with E-state index in [1.165, 1.54) is 59.0 Å². The molecule has 1 aliphatic carbocycles. The summed E-state index contributed by atoms with van der Waals surface area (Å²) in [6.07, 6.45) is 2.37. The average molecular weight is 549 g/mol. The highest BCUT2D eigenvalue weighted by atomic mass is 127. The van der Waals surface area contributed by atoms with Crippen LogP contribution in [-0.4, -0.2) is 31.9 Å². The zero-order valence-electron chi connectivity index (χ0n) is 16.4. The van der Waals surface area contributed by atoms with Gasteiger partial charge in [-0.1, -0.05) is 18.6 Å². The maximum Gasteiger partial charge on any atom is 0.433 e. The van der Waals surface area contributed by atoms with Gasteiger partial charge < -0.3 is 4.90 Å². The largest absolute Gasteiger partial charge is 0.433 e. The molecule has 1 aliphatic heterocycles. The number of carbonyl (C=O) groups excluding carboxylic acids is 1. The molecule has 0 radical (unpaired) electrons. The van der Waals surface area contributed by atoms with E-state index in [2.05, 4.69) is 11.7 Å². The molecular weight excluding hydrogens is 526 g/mol. The summed E-state index contributed by atoms with van der Waals surface area (Å²) in [6, 6.07) is 4.39. The van der Waals surface area contributed by atoms with Gasteiger partial charge in [-0.2, -0.15) is 21.2 Å². The predicted molar refractivity (Wildman–Crippen MR) is 120 cm³/mol. The topological polar surface area (TPSA) is 38.1 Å². The number of likely N-dealkylation sites (tertiary alicyclic amines) is 1. The summed E-state index contributed by atoms with van der Waals surface area (Å²) in [4.78, 5) is 15.9. The van der Waals surface area contributed by atoms with Crippen molar-refractivity contribution < 1.29 is 18.0 Å². The number of nitrogens with zero attached hydrogens (tertiary/aromatic N) is 3. The normalized spacial score (nSPS) is 21.3. The number of alkyl halides is 3. The SMILES string of the molecule is C=C1CCCCC1C1CCN(C(=O)c2ccc(-c3cc(C(F)(F)F)n(I)n3)s2)CC1. The van der Waals surface area contributed by atoms with Crippen LogP contribution in [0.15, 0.2) is 30.4 Å². The number of piperidine rings is 1. The molecule has 162 valence electrons. The lowest BCUT2D eigenvalue weighted by Gasteiger charge is -2.38. The summed E-state index contributed by atoms with van der Waals surface area (Å²) in [7, 11) is 0. The fourth-order valence-electron chi connectivity index (χ4n) is 4.59. The Morgan fingerprint density at radius 1 is 1.20 bits per heavy atom. The summed E-state index contributed by atoms with van der Waals surface area (Å²) >= 11 is 2.72. The van der Waals surface area contributed by atoms with Crippen molar-refractivity contribution in [3.63, 3.8) is 0 Å². The minimum absolute atomic E-state index is 0.0443. The van der Waals surface area contributed by atoms with Crippen molar-refractivity contribution in [2.45, 2.75) is 44.7 Å². The van der Waals surface area contributed by atoms with Crippen molar-refractivity contribution >= 4 is 40.1 Å². The first-order chi connectivity index (χ1) is 14.2. The number of aromatic nitrogens is 2. The molecule has 4 nitrogen and oxygen atoms in total. The monoisotopic (exact) mass is 549 g/mol. The Bertz CT molecular complexity index is 944. The lowest BCUT2D eigenvalue weighted by molar-refractivity contribution is -0.141. The van der Waals surface area contributed by atoms with E-state index in [9.17, 15) is 18.0 Å². The maximum atomic E-state index is 13.0. The summed E-state index contributed by atoms with van der Waals surface area (Å²) in [5, 5.41) is 3.96. The van der Waals surface area contributed by atoms with Crippen LogP contribution >= 0.6 is 34.2 Å². The molecule has 2 aromatic heterocycles. The summed E-state index contributed by atoms with van der Waals surface area (Å²) in [6.45, 7) is 5.72. The van der Waals surface area contributed by atoms with Crippen LogP contribution in [-0.2, 0) is 6.18 Å². The maximum absolute atomic E-state index is 13.0. The van der Waals surface area contributed by atoms with Crippen molar-refractivity contribution in [3.8, 4) is 10.6 Å². The molecule has 2 aliphatic rings. The second-order valence-corrected chi connectivity index (χ2v) is 10.1. The van der Waals surface area contributed by atoms with Gasteiger partial charge in [0.1, 0.15) is 5.69 Å². The van der Waals surface area contributed by atoms with Crippen LogP contribution in [0.5, 0.6) is 0 Å². The molecule has 4 rings (SSSR count). The van der Waals surface area contributed by atoms with Crippen LogP contribution < -0.4 is 0 Å². The fraction of sp³-hybridized carbons (Fsp3) is 0.524. The van der Waals surface area contributed by atoms with Gasteiger partial charge in [0.25, 0.3) is 5.91 Å². The van der Waals surface area contributed by atoms with Crippen LogP contribution in [0.2, 0.25) is 0 Å². The number of carbonyl (C=O) groups is 1. The van der Waals surface area contributed by atoms with Crippen LogP contribution in [0.25, 0.3) is 10.6 Å². The first-order valence-electron chi connectivity index (χ1n) is 10.1. The molecule has 1 atom stereocenters. The molecule has 2 fully saturated rings. The molecule has 1 amide bonds. The number of hydrogen-bond donors (Lipinski definition) is 0. The molecule has 0 N–H and O–H groups in total. The van der Waals surface area contributed by atoms with Gasteiger partial charge in [-0.15, -0.1) is 11.3 Å². The van der Waals surface area contributed by atoms with E-state index in [1.807, 2.05) is 4.90 Å². The first kappa shape index (κ1) is 21.9. The van der Waals surface area contributed by atoms with E-state index in [1.54, 1.807) is 12.1 Å². The summed E-state index contributed by atoms with van der Waals surface area (Å²) in [5.74, 6) is 1.15. The van der Waals surface area contributed by atoms with Crippen LogP contribution in [0.4, 0.5) is 13.2 Å². The van der Waals surface area contributed by atoms with Crippen molar-refractivity contribution in [2.24, 2.45) is 11.8 Å². The summed E-state index contributed by atoms with van der Waals surface area (Å²) < 4.78 is 39.9. The highest BCUT2D eigenvalue weighted by Gasteiger charge is 2.36. The van der Waals surface area contributed by atoms with Gasteiger partial charge in [0.15, 0.2) is 5.69 Å². The molecule has 2 aromatic rings. The van der Waals surface area contributed by atoms with Gasteiger partial charge in [0.05, 0.1) is 32.6 Å². The standard InChI is InChI=1S/C21H23F3IN3OS/c1-13-4-2-3-5-15(13)14-8-10-27(11-9-14)20(29)18-7-6-17(30-18)16-12-19(21(22,23)24)28(25)26-16/h6-7,12,14-15H,1-5,8-11H2. The third-order valence-corrected chi connectivity index (χ3v) is 8.04. The lowest BCUT2D eigenvalue weighted by Crippen LogP contribution is -2.40. The third kappa shape index (κ3) is 4.46. The second kappa shape index (κ2) is 8.64. The van der Waals surface area contributed by atoms with Gasteiger partial charge in [-0.3, -0.25) is 4.79 Å². The van der Waals surface area contributed by atoms with Gasteiger partial charge in [0, 0.05) is 13.1 Å². The smallest absolute Gasteiger partial charge is 0.338 e. The molecular formula is C21H23F3IN3OS. The number of hydrogen-bond acceptors (Lipinski definition) is 3. The zero-order valence-corrected chi connectivity index (χ0v) is 19.4. The van der Waals surface area contributed by atoms with Crippen molar-refractivity contribution in [2.75, 3.05) is 13.1 Å². The second-order valence-electron chi connectivity index (χ2n) is 8.08. The van der Waals surface area contributed by atoms with Crippen molar-refractivity contribution in [1.29, 1.82) is 0 Å². The Kier molecular flexibility index (Phi) is 6.30. The Morgan fingerprint density at radius 2 is 1.93 bits per heavy atom. The molecule has 0 aromatic carbocycles. The van der Waals surface area contributed by atoms with Crippen molar-refractivity contribution in [3.05, 3.63) is 40.9 Å². The van der Waals surface area contributed by atoms with Gasteiger partial charge in [0.2, 0.25) is 0 Å². The predicted octanol–water partition coefficient (Wildman–Crippen LogP) is 6.43. The molecule has 1 saturated carbocycles. The molecule has 3 heterocycles. The van der Waals surface area contributed by atoms with E-state index in [0.29, 0.717) is 21.6 Å². The number of halogens is 4. The number of amides is 1. The number of thiophene rings is 1. The van der Waals surface area contributed by atoms with Crippen LogP contribution in [0.1, 0.15) is 53.9 Å². The molecule has 1 saturated heterocycles. The third-order valence-electron chi connectivity index (χ3n) is 6.21. The van der Waals surface area contributed by atoms with Crippen LogP contribution in [0.3, 0.4) is 0 Å². The van der Waals surface area contributed by atoms with E-state index in [4.69, 9.17) is 0 Å². The van der Waals surface area contributed by atoms with Crippen LogP contribution in [0, 0.1) is 11.8 Å². The number of rotatable bonds is 3. The fourth-order valence-corrected chi connectivity index (χ4v) is 6.17. The van der Waals surface area contributed by atoms with E-state index in [0.717, 1.165) is 41.3 Å². The van der Waals surface area contributed by atoms with Gasteiger partial charge in [-0.05, 0) is 62.1 Å². The zero-order chi connectivity index (χ0) is 21.5. The number of allylic oxidation sites excluding steroid dienone is 1. The minimum atomic E-state index is -4.46. The molecule has 1 unspecified atom stereocenters. The molecule has 9 heteroatoms. The lowest BCUT2D eigenvalue weighted by atomic mass is 9.73. The Morgan fingerprint density at radius 3 is 2.57 bits per heavy atom. The van der Waals surface area contributed by atoms with Gasteiger partial charge >= 0.3 is 6.18 Å². The first-order valence-corrected chi connectivity index (χ1v) is 11.9. The molecule has 30 heavy (non-hydrogen) atoms. The Labute approximate surface area is 191 Å². The molecule has 0 bridgehead atoms. The highest BCUT2D eigenvalue weighted by molar-refractivity contribution is 14.1. The van der Waals surface area contributed by atoms with E-state index >= 15 is 0 Å². The van der Waals surface area contributed by atoms with Crippen molar-refractivity contribution in [1.82, 2.24) is 12.9 Å². The molecule has 0 spiro atoms. The quantitative estimate of drug-likeness (QED) is 0.327. The minimum Gasteiger partial charge on any atom is -0.338 e. The summed E-state index contributed by atoms with van der Waals surface area (Å²) in [5.41, 5.74) is 0.794. The Hall–Kier alpha value is -1.36. The Balaban J connectivity index is 1.41.